The van der Waals surface area contributed by atoms with Crippen LogP contribution in [0.5, 0.6) is 5.88 Å². The van der Waals surface area contributed by atoms with Crippen molar-refractivity contribution in [1.29, 1.82) is 0 Å². The summed E-state index contributed by atoms with van der Waals surface area (Å²) in [5.74, 6) is 0.771. The Morgan fingerprint density at radius 2 is 2.06 bits per heavy atom. The first kappa shape index (κ1) is 14.9. The molecule has 0 spiro atoms. The molecule has 0 fully saturated rings. The molecule has 0 aromatic carbocycles. The number of nitrogens with zero attached hydrogens (tertiary/aromatic N) is 3. The second-order valence-electron chi connectivity index (χ2n) is 4.19. The molecule has 6 heteroatoms. The molecule has 0 aliphatic heterocycles. The lowest BCUT2D eigenvalue weighted by Gasteiger charge is -2.21. The van der Waals surface area contributed by atoms with Crippen molar-refractivity contribution in [2.45, 2.75) is 13.5 Å². The van der Waals surface area contributed by atoms with E-state index in [2.05, 4.69) is 10.00 Å². The van der Waals surface area contributed by atoms with Gasteiger partial charge < -0.3 is 14.6 Å². The van der Waals surface area contributed by atoms with Gasteiger partial charge in [0, 0.05) is 33.8 Å². The molecule has 0 aliphatic rings. The zero-order chi connectivity index (χ0) is 13.5. The first-order chi connectivity index (χ1) is 8.63. The topological polar surface area (TPSA) is 59.8 Å². The van der Waals surface area contributed by atoms with Crippen LogP contribution in [0, 0.1) is 6.92 Å². The van der Waals surface area contributed by atoms with Crippen LogP contribution in [0.4, 0.5) is 0 Å². The number of aliphatic hydroxyl groups excluding tert-OH is 1. The Morgan fingerprint density at radius 1 is 1.33 bits per heavy atom. The van der Waals surface area contributed by atoms with E-state index in [0.717, 1.165) is 23.7 Å². The van der Waals surface area contributed by atoms with E-state index in [4.69, 9.17) is 14.6 Å². The molecule has 6 nitrogen and oxygen atoms in total. The molecule has 18 heavy (non-hydrogen) atoms. The van der Waals surface area contributed by atoms with E-state index in [1.54, 1.807) is 18.9 Å². The summed E-state index contributed by atoms with van der Waals surface area (Å²) in [5, 5.41) is 13.4. The van der Waals surface area contributed by atoms with Gasteiger partial charge >= 0.3 is 0 Å². The predicted octanol–water partition coefficient (Wildman–Crippen LogP) is 0.178. The minimum Gasteiger partial charge on any atom is -0.481 e. The number of aliphatic hydroxyl groups is 1. The third-order valence-corrected chi connectivity index (χ3v) is 2.89. The van der Waals surface area contributed by atoms with E-state index >= 15 is 0 Å². The molecule has 0 unspecified atom stereocenters. The average molecular weight is 257 g/mol. The van der Waals surface area contributed by atoms with E-state index in [-0.39, 0.29) is 6.61 Å². The summed E-state index contributed by atoms with van der Waals surface area (Å²) in [6, 6.07) is 0. The van der Waals surface area contributed by atoms with Crippen LogP contribution < -0.4 is 4.74 Å². The highest BCUT2D eigenvalue weighted by Crippen LogP contribution is 2.22. The molecule has 0 radical (unpaired) electrons. The molecule has 1 aromatic rings. The molecule has 0 aliphatic carbocycles. The van der Waals surface area contributed by atoms with Gasteiger partial charge in [-0.05, 0) is 6.92 Å². The molecular formula is C12H23N3O3. The Balaban J connectivity index is 2.78. The van der Waals surface area contributed by atoms with Gasteiger partial charge in [-0.1, -0.05) is 0 Å². The average Bonchev–Trinajstić information content (AvgIpc) is 2.61. The summed E-state index contributed by atoms with van der Waals surface area (Å²) in [5.41, 5.74) is 2.01. The third-order valence-electron chi connectivity index (χ3n) is 2.89. The van der Waals surface area contributed by atoms with Gasteiger partial charge in [0.2, 0.25) is 5.88 Å². The van der Waals surface area contributed by atoms with Gasteiger partial charge in [-0.25, -0.2) is 4.68 Å². The van der Waals surface area contributed by atoms with Crippen molar-refractivity contribution in [2.24, 2.45) is 7.05 Å². The van der Waals surface area contributed by atoms with Crippen molar-refractivity contribution in [2.75, 3.05) is 40.5 Å². The van der Waals surface area contributed by atoms with Crippen molar-refractivity contribution in [3.63, 3.8) is 0 Å². The second-order valence-corrected chi connectivity index (χ2v) is 4.19. The lowest BCUT2D eigenvalue weighted by molar-refractivity contribution is 0.126. The minimum absolute atomic E-state index is 0.130. The molecule has 0 saturated carbocycles. The molecule has 1 rings (SSSR count). The largest absolute Gasteiger partial charge is 0.481 e. The van der Waals surface area contributed by atoms with Gasteiger partial charge in [-0.2, -0.15) is 5.10 Å². The highest BCUT2D eigenvalue weighted by molar-refractivity contribution is 5.30. The molecule has 0 saturated heterocycles. The lowest BCUT2D eigenvalue weighted by atomic mass is 10.2. The van der Waals surface area contributed by atoms with Crippen molar-refractivity contribution >= 4 is 0 Å². The summed E-state index contributed by atoms with van der Waals surface area (Å²) >= 11 is 0. The smallest absolute Gasteiger partial charge is 0.216 e. The Labute approximate surface area is 108 Å². The van der Waals surface area contributed by atoms with Gasteiger partial charge in [-0.3, -0.25) is 4.90 Å². The van der Waals surface area contributed by atoms with Crippen LogP contribution >= 0.6 is 0 Å². The fraction of sp³-hybridized carbons (Fsp3) is 0.750. The summed E-state index contributed by atoms with van der Waals surface area (Å²) in [6.07, 6.45) is 0. The van der Waals surface area contributed by atoms with Gasteiger partial charge in [0.05, 0.1) is 31.6 Å². The zero-order valence-corrected chi connectivity index (χ0v) is 11.6. The van der Waals surface area contributed by atoms with Crippen LogP contribution in [-0.4, -0.2) is 60.3 Å². The number of aryl methyl sites for hydroxylation is 2. The summed E-state index contributed by atoms with van der Waals surface area (Å²) in [4.78, 5) is 2.12. The number of hydrogen-bond acceptors (Lipinski definition) is 5. The van der Waals surface area contributed by atoms with Crippen molar-refractivity contribution in [3.05, 3.63) is 11.3 Å². The van der Waals surface area contributed by atoms with Crippen molar-refractivity contribution < 1.29 is 14.6 Å². The maximum absolute atomic E-state index is 9.08. The highest BCUT2D eigenvalue weighted by Gasteiger charge is 2.16. The summed E-state index contributed by atoms with van der Waals surface area (Å²) in [7, 11) is 5.18. The Hall–Kier alpha value is -1.11. The van der Waals surface area contributed by atoms with Crippen molar-refractivity contribution in [1.82, 2.24) is 14.7 Å². The van der Waals surface area contributed by atoms with Crippen LogP contribution in [0.1, 0.15) is 11.3 Å². The fourth-order valence-electron chi connectivity index (χ4n) is 1.97. The Morgan fingerprint density at radius 3 is 2.61 bits per heavy atom. The number of rotatable bonds is 8. The van der Waals surface area contributed by atoms with Crippen LogP contribution in [0.15, 0.2) is 0 Å². The first-order valence-electron chi connectivity index (χ1n) is 6.02. The monoisotopic (exact) mass is 257 g/mol. The van der Waals surface area contributed by atoms with E-state index < -0.39 is 0 Å². The highest BCUT2D eigenvalue weighted by atomic mass is 16.5. The normalized spacial score (nSPS) is 11.2. The number of methoxy groups -OCH3 is 2. The molecule has 1 aromatic heterocycles. The molecule has 0 bridgehead atoms. The lowest BCUT2D eigenvalue weighted by Crippen LogP contribution is -2.30. The molecule has 0 amide bonds. The van der Waals surface area contributed by atoms with Gasteiger partial charge in [0.1, 0.15) is 0 Å². The zero-order valence-electron chi connectivity index (χ0n) is 11.6. The standard InChI is InChI=1S/C12H23N3O3/c1-10-11(12(18-4)14(2)13-10)9-15(5-7-16)6-8-17-3/h16H,5-9H2,1-4H3. The van der Waals surface area contributed by atoms with Crippen LogP contribution in [0.25, 0.3) is 0 Å². The van der Waals surface area contributed by atoms with Gasteiger partial charge in [-0.15, -0.1) is 0 Å². The van der Waals surface area contributed by atoms with E-state index in [9.17, 15) is 0 Å². The number of ether oxygens (including phenoxy) is 2. The third kappa shape index (κ3) is 3.69. The molecule has 0 atom stereocenters. The Kier molecular flexibility index (Phi) is 6.11. The number of aromatic nitrogens is 2. The molecule has 104 valence electrons. The SMILES string of the molecule is COCCN(CCO)Cc1c(C)nn(C)c1OC. The van der Waals surface area contributed by atoms with Crippen LogP contribution in [0.3, 0.4) is 0 Å². The van der Waals surface area contributed by atoms with E-state index in [1.165, 1.54) is 0 Å². The van der Waals surface area contributed by atoms with Gasteiger partial charge in [0.15, 0.2) is 0 Å². The first-order valence-corrected chi connectivity index (χ1v) is 6.02. The van der Waals surface area contributed by atoms with E-state index in [0.29, 0.717) is 19.7 Å². The van der Waals surface area contributed by atoms with Gasteiger partial charge in [0.25, 0.3) is 0 Å². The quantitative estimate of drug-likeness (QED) is 0.720. The maximum Gasteiger partial charge on any atom is 0.216 e. The Bertz CT molecular complexity index is 366. The minimum atomic E-state index is 0.130. The summed E-state index contributed by atoms with van der Waals surface area (Å²) < 4.78 is 12.2. The van der Waals surface area contributed by atoms with Crippen LogP contribution in [-0.2, 0) is 18.3 Å². The molecule has 1 N–H and O–H groups in total. The number of hydrogen-bond donors (Lipinski definition) is 1. The molecular weight excluding hydrogens is 234 g/mol. The summed E-state index contributed by atoms with van der Waals surface area (Å²) in [6.45, 7) is 4.82. The second kappa shape index (κ2) is 7.35. The van der Waals surface area contributed by atoms with E-state index in [1.807, 2.05) is 14.0 Å². The van der Waals surface area contributed by atoms with Crippen LogP contribution in [0.2, 0.25) is 0 Å². The maximum atomic E-state index is 9.08. The molecule has 1 heterocycles. The van der Waals surface area contributed by atoms with Crippen molar-refractivity contribution in [3.8, 4) is 5.88 Å². The predicted molar refractivity (Wildman–Crippen MR) is 68.7 cm³/mol. The fourth-order valence-corrected chi connectivity index (χ4v) is 1.97.